The monoisotopic (exact) mass is 283 g/mol. The van der Waals surface area contributed by atoms with E-state index in [2.05, 4.69) is 16.3 Å². The summed E-state index contributed by atoms with van der Waals surface area (Å²) in [6, 6.07) is 8.28. The normalized spacial score (nSPS) is 25.3. The second kappa shape index (κ2) is 5.87. The van der Waals surface area contributed by atoms with Gasteiger partial charge in [0.05, 0.1) is 11.6 Å². The average molecular weight is 283 g/mol. The fourth-order valence-electron chi connectivity index (χ4n) is 3.58. The highest BCUT2D eigenvalue weighted by Crippen LogP contribution is 2.30. The number of amides is 1. The number of likely N-dealkylation sites (tertiary alicyclic amines) is 1. The molecule has 0 aliphatic carbocycles. The second-order valence-corrected chi connectivity index (χ2v) is 6.13. The van der Waals surface area contributed by atoms with Gasteiger partial charge < -0.3 is 10.2 Å². The summed E-state index contributed by atoms with van der Waals surface area (Å²) < 4.78 is 0. The van der Waals surface area contributed by atoms with Crippen molar-refractivity contribution < 1.29 is 4.79 Å². The van der Waals surface area contributed by atoms with Crippen molar-refractivity contribution in [2.24, 2.45) is 5.92 Å². The summed E-state index contributed by atoms with van der Waals surface area (Å²) in [4.78, 5) is 14.4. The third-order valence-corrected chi connectivity index (χ3v) is 4.83. The number of nitrogens with zero attached hydrogens (tertiary/aromatic N) is 2. The fraction of sp³-hybridized carbons (Fsp3) is 0.529. The highest BCUT2D eigenvalue weighted by molar-refractivity contribution is 5.77. The topological polar surface area (TPSA) is 56.1 Å². The SMILES string of the molecule is Cc1cc(C#N)ccc1CN1C(=O)CCC2CNCCC21. The summed E-state index contributed by atoms with van der Waals surface area (Å²) in [5.74, 6) is 0.872. The number of piperidine rings is 2. The minimum atomic E-state index is 0.280. The molecular weight excluding hydrogens is 262 g/mol. The van der Waals surface area contributed by atoms with E-state index >= 15 is 0 Å². The third-order valence-electron chi connectivity index (χ3n) is 4.83. The maximum absolute atomic E-state index is 12.3. The number of rotatable bonds is 2. The Morgan fingerprint density at radius 1 is 1.43 bits per heavy atom. The molecule has 4 heteroatoms. The van der Waals surface area contributed by atoms with Gasteiger partial charge in [0.2, 0.25) is 5.91 Å². The molecule has 4 nitrogen and oxygen atoms in total. The van der Waals surface area contributed by atoms with Crippen LogP contribution in [-0.2, 0) is 11.3 Å². The first-order valence-electron chi connectivity index (χ1n) is 7.69. The molecule has 1 N–H and O–H groups in total. The summed E-state index contributed by atoms with van der Waals surface area (Å²) >= 11 is 0. The van der Waals surface area contributed by atoms with E-state index in [1.54, 1.807) is 0 Å². The van der Waals surface area contributed by atoms with Crippen LogP contribution in [0.2, 0.25) is 0 Å². The summed E-state index contributed by atoms with van der Waals surface area (Å²) in [5.41, 5.74) is 2.93. The van der Waals surface area contributed by atoms with Crippen LogP contribution >= 0.6 is 0 Å². The highest BCUT2D eigenvalue weighted by atomic mass is 16.2. The number of aryl methyl sites for hydroxylation is 1. The Morgan fingerprint density at radius 3 is 3.05 bits per heavy atom. The molecule has 1 amide bonds. The zero-order valence-electron chi connectivity index (χ0n) is 12.4. The van der Waals surface area contributed by atoms with Crippen molar-refractivity contribution in [1.82, 2.24) is 10.2 Å². The number of hydrogen-bond acceptors (Lipinski definition) is 3. The minimum absolute atomic E-state index is 0.280. The molecule has 2 fully saturated rings. The molecule has 110 valence electrons. The molecule has 1 aromatic carbocycles. The standard InChI is InChI=1S/C17H21N3O/c1-12-8-13(9-18)2-3-15(12)11-20-16-6-7-19-10-14(16)4-5-17(20)21/h2-3,8,14,16,19H,4-7,10-11H2,1H3. The van der Waals surface area contributed by atoms with Crippen molar-refractivity contribution >= 4 is 5.91 Å². The van der Waals surface area contributed by atoms with E-state index in [1.807, 2.05) is 25.1 Å². The number of fused-ring (bicyclic) bond motifs is 1. The molecule has 0 saturated carbocycles. The smallest absolute Gasteiger partial charge is 0.223 e. The van der Waals surface area contributed by atoms with Crippen LogP contribution in [0.25, 0.3) is 0 Å². The Bertz CT molecular complexity index is 590. The summed E-state index contributed by atoms with van der Waals surface area (Å²) in [5, 5.41) is 12.4. The summed E-state index contributed by atoms with van der Waals surface area (Å²) in [6.07, 6.45) is 2.73. The maximum atomic E-state index is 12.3. The second-order valence-electron chi connectivity index (χ2n) is 6.13. The average Bonchev–Trinajstić information content (AvgIpc) is 2.51. The van der Waals surface area contributed by atoms with E-state index < -0.39 is 0 Å². The van der Waals surface area contributed by atoms with Crippen molar-refractivity contribution in [3.05, 3.63) is 34.9 Å². The Labute approximate surface area is 125 Å². The third kappa shape index (κ3) is 2.79. The van der Waals surface area contributed by atoms with E-state index in [4.69, 9.17) is 5.26 Å². The fourth-order valence-corrected chi connectivity index (χ4v) is 3.58. The van der Waals surface area contributed by atoms with Crippen molar-refractivity contribution in [1.29, 1.82) is 5.26 Å². The summed E-state index contributed by atoms with van der Waals surface area (Å²) in [7, 11) is 0. The number of carbonyl (C=O) groups is 1. The van der Waals surface area contributed by atoms with E-state index in [0.717, 1.165) is 37.1 Å². The summed E-state index contributed by atoms with van der Waals surface area (Å²) in [6.45, 7) is 4.72. The van der Waals surface area contributed by atoms with Gasteiger partial charge >= 0.3 is 0 Å². The number of hydrogen-bond donors (Lipinski definition) is 1. The molecule has 0 radical (unpaired) electrons. The van der Waals surface area contributed by atoms with Crippen LogP contribution in [0.15, 0.2) is 18.2 Å². The van der Waals surface area contributed by atoms with Crippen molar-refractivity contribution in [3.63, 3.8) is 0 Å². The van der Waals surface area contributed by atoms with Crippen LogP contribution in [0, 0.1) is 24.2 Å². The Morgan fingerprint density at radius 2 is 2.29 bits per heavy atom. The first kappa shape index (κ1) is 14.1. The van der Waals surface area contributed by atoms with Crippen molar-refractivity contribution in [3.8, 4) is 6.07 Å². The predicted octanol–water partition coefficient (Wildman–Crippen LogP) is 1.97. The lowest BCUT2D eigenvalue weighted by Crippen LogP contribution is -2.54. The number of nitriles is 1. The molecule has 2 unspecified atom stereocenters. The van der Waals surface area contributed by atoms with Gasteiger partial charge in [0.1, 0.15) is 0 Å². The lowest BCUT2D eigenvalue weighted by molar-refractivity contribution is -0.140. The Balaban J connectivity index is 1.81. The molecule has 2 saturated heterocycles. The molecule has 0 bridgehead atoms. The van der Waals surface area contributed by atoms with E-state index in [-0.39, 0.29) is 5.91 Å². The van der Waals surface area contributed by atoms with Gasteiger partial charge in [-0.05, 0) is 62.0 Å². The molecule has 3 rings (SSSR count). The van der Waals surface area contributed by atoms with Gasteiger partial charge in [-0.3, -0.25) is 4.79 Å². The van der Waals surface area contributed by atoms with Crippen LogP contribution in [0.5, 0.6) is 0 Å². The van der Waals surface area contributed by atoms with Crippen molar-refractivity contribution in [2.45, 2.75) is 38.8 Å². The molecule has 2 atom stereocenters. The van der Waals surface area contributed by atoms with Gasteiger partial charge in [0.15, 0.2) is 0 Å². The van der Waals surface area contributed by atoms with Crippen molar-refractivity contribution in [2.75, 3.05) is 13.1 Å². The van der Waals surface area contributed by atoms with Gasteiger partial charge in [-0.2, -0.15) is 5.26 Å². The molecule has 1 aromatic rings. The van der Waals surface area contributed by atoms with E-state index in [1.165, 1.54) is 0 Å². The number of benzene rings is 1. The molecule has 0 aromatic heterocycles. The van der Waals surface area contributed by atoms with Gasteiger partial charge in [-0.15, -0.1) is 0 Å². The van der Waals surface area contributed by atoms with E-state index in [0.29, 0.717) is 30.5 Å². The van der Waals surface area contributed by atoms with Crippen LogP contribution in [-0.4, -0.2) is 29.9 Å². The van der Waals surface area contributed by atoms with Crippen LogP contribution in [0.4, 0.5) is 0 Å². The largest absolute Gasteiger partial charge is 0.335 e. The van der Waals surface area contributed by atoms with Gasteiger partial charge in [0, 0.05) is 19.0 Å². The molecule has 21 heavy (non-hydrogen) atoms. The molecule has 2 aliphatic rings. The minimum Gasteiger partial charge on any atom is -0.335 e. The maximum Gasteiger partial charge on any atom is 0.223 e. The molecule has 0 spiro atoms. The molecular formula is C17H21N3O. The van der Waals surface area contributed by atoms with Crippen LogP contribution < -0.4 is 5.32 Å². The van der Waals surface area contributed by atoms with Gasteiger partial charge in [-0.25, -0.2) is 0 Å². The van der Waals surface area contributed by atoms with Gasteiger partial charge in [-0.1, -0.05) is 6.07 Å². The van der Waals surface area contributed by atoms with E-state index in [9.17, 15) is 4.79 Å². The van der Waals surface area contributed by atoms with Crippen LogP contribution in [0.3, 0.4) is 0 Å². The predicted molar refractivity (Wildman–Crippen MR) is 80.4 cm³/mol. The highest BCUT2D eigenvalue weighted by Gasteiger charge is 2.37. The molecule has 2 aliphatic heterocycles. The zero-order chi connectivity index (χ0) is 14.8. The molecule has 2 heterocycles. The lowest BCUT2D eigenvalue weighted by Gasteiger charge is -2.44. The van der Waals surface area contributed by atoms with Gasteiger partial charge in [0.25, 0.3) is 0 Å². The number of carbonyl (C=O) groups excluding carboxylic acids is 1. The number of nitrogens with one attached hydrogen (secondary N) is 1. The Kier molecular flexibility index (Phi) is 3.94. The first-order valence-corrected chi connectivity index (χ1v) is 7.69. The zero-order valence-corrected chi connectivity index (χ0v) is 12.4. The Hall–Kier alpha value is -1.86. The van der Waals surface area contributed by atoms with Crippen LogP contribution in [0.1, 0.15) is 36.0 Å². The quantitative estimate of drug-likeness (QED) is 0.903. The lowest BCUT2D eigenvalue weighted by atomic mass is 9.84. The first-order chi connectivity index (χ1) is 10.2.